The summed E-state index contributed by atoms with van der Waals surface area (Å²) in [5, 5.41) is 0.775. The van der Waals surface area contributed by atoms with Gasteiger partial charge < -0.3 is 4.90 Å². The van der Waals surface area contributed by atoms with Crippen molar-refractivity contribution in [1.82, 2.24) is 0 Å². The Kier molecular flexibility index (Phi) is 3.47. The lowest BCUT2D eigenvalue weighted by Crippen LogP contribution is -2.16. The van der Waals surface area contributed by atoms with Crippen molar-refractivity contribution in [2.75, 3.05) is 11.4 Å². The monoisotopic (exact) mass is 230 g/mol. The van der Waals surface area contributed by atoms with Gasteiger partial charge >= 0.3 is 0 Å². The number of nitrogens with zero attached hydrogens (tertiary/aromatic N) is 1. The highest BCUT2D eigenvalue weighted by Gasteiger charge is 2.09. The van der Waals surface area contributed by atoms with Gasteiger partial charge in [-0.25, -0.2) is 0 Å². The maximum absolute atomic E-state index is 6.20. The third kappa shape index (κ3) is 2.20. The minimum Gasteiger partial charge on any atom is -0.341 e. The van der Waals surface area contributed by atoms with Crippen LogP contribution in [0.4, 0.5) is 11.4 Å². The molecular formula is C14H13ClN. The standard InChI is InChI=1S/C14H13ClN/c1-2-16(12-8-4-3-5-9-12)14-11-7-6-10-13(14)15/h4-11H,2H2,1H3. The molecule has 2 aromatic rings. The van der Waals surface area contributed by atoms with Gasteiger partial charge in [0.05, 0.1) is 10.7 Å². The summed E-state index contributed by atoms with van der Waals surface area (Å²) in [7, 11) is 0. The van der Waals surface area contributed by atoms with E-state index in [2.05, 4.69) is 17.9 Å². The summed E-state index contributed by atoms with van der Waals surface area (Å²) in [5.41, 5.74) is 2.17. The molecule has 0 amide bonds. The molecule has 0 heterocycles. The average molecular weight is 231 g/mol. The fourth-order valence-electron chi connectivity index (χ4n) is 1.72. The molecular weight excluding hydrogens is 218 g/mol. The lowest BCUT2D eigenvalue weighted by Gasteiger charge is -2.24. The van der Waals surface area contributed by atoms with Crippen LogP contribution in [0, 0.1) is 6.07 Å². The maximum Gasteiger partial charge on any atom is 0.0643 e. The zero-order chi connectivity index (χ0) is 11.4. The Bertz CT molecular complexity index is 453. The van der Waals surface area contributed by atoms with Crippen molar-refractivity contribution in [3.8, 4) is 0 Å². The molecule has 0 unspecified atom stereocenters. The molecule has 0 saturated carbocycles. The molecule has 2 aromatic carbocycles. The van der Waals surface area contributed by atoms with Crippen LogP contribution in [-0.4, -0.2) is 6.54 Å². The van der Waals surface area contributed by atoms with E-state index >= 15 is 0 Å². The lowest BCUT2D eigenvalue weighted by atomic mass is 10.2. The van der Waals surface area contributed by atoms with E-state index in [1.807, 2.05) is 48.5 Å². The number of hydrogen-bond acceptors (Lipinski definition) is 1. The number of para-hydroxylation sites is 1. The molecule has 16 heavy (non-hydrogen) atoms. The lowest BCUT2D eigenvalue weighted by molar-refractivity contribution is 1.02. The Labute approximate surface area is 101 Å². The first-order valence-electron chi connectivity index (χ1n) is 5.31. The zero-order valence-electron chi connectivity index (χ0n) is 9.15. The third-order valence-electron chi connectivity index (χ3n) is 2.47. The summed E-state index contributed by atoms with van der Waals surface area (Å²) in [6.45, 7) is 2.99. The Balaban J connectivity index is 2.41. The molecule has 0 fully saturated rings. The predicted molar refractivity (Wildman–Crippen MR) is 69.4 cm³/mol. The van der Waals surface area contributed by atoms with Gasteiger partial charge in [0.2, 0.25) is 0 Å². The number of rotatable bonds is 3. The number of anilines is 2. The molecule has 1 nitrogen and oxygen atoms in total. The van der Waals surface area contributed by atoms with Crippen molar-refractivity contribution in [2.24, 2.45) is 0 Å². The van der Waals surface area contributed by atoms with Gasteiger partial charge in [0, 0.05) is 12.2 Å². The van der Waals surface area contributed by atoms with Crippen LogP contribution < -0.4 is 4.90 Å². The van der Waals surface area contributed by atoms with Crippen LogP contribution in [0.25, 0.3) is 0 Å². The molecule has 0 aliphatic heterocycles. The molecule has 0 atom stereocenters. The third-order valence-corrected chi connectivity index (χ3v) is 2.79. The van der Waals surface area contributed by atoms with E-state index in [0.29, 0.717) is 0 Å². The van der Waals surface area contributed by atoms with Crippen molar-refractivity contribution in [3.63, 3.8) is 0 Å². The highest BCUT2D eigenvalue weighted by Crippen LogP contribution is 2.30. The van der Waals surface area contributed by atoms with Crippen LogP contribution in [0.15, 0.2) is 48.5 Å². The summed E-state index contributed by atoms with van der Waals surface area (Å²) in [4.78, 5) is 2.18. The van der Waals surface area contributed by atoms with Gasteiger partial charge in [-0.2, -0.15) is 0 Å². The first-order valence-corrected chi connectivity index (χ1v) is 5.69. The first-order chi connectivity index (χ1) is 7.83. The molecule has 0 aliphatic rings. The van der Waals surface area contributed by atoms with Gasteiger partial charge in [-0.15, -0.1) is 0 Å². The van der Waals surface area contributed by atoms with Crippen molar-refractivity contribution < 1.29 is 0 Å². The molecule has 2 heteroatoms. The summed E-state index contributed by atoms with van der Waals surface area (Å²) >= 11 is 6.20. The van der Waals surface area contributed by atoms with Crippen LogP contribution in [0.3, 0.4) is 0 Å². The van der Waals surface area contributed by atoms with Gasteiger partial charge in [-0.3, -0.25) is 0 Å². The topological polar surface area (TPSA) is 3.24 Å². The van der Waals surface area contributed by atoms with Gasteiger partial charge in [0.25, 0.3) is 0 Å². The van der Waals surface area contributed by atoms with Crippen molar-refractivity contribution in [1.29, 1.82) is 0 Å². The first kappa shape index (κ1) is 11.0. The van der Waals surface area contributed by atoms with Gasteiger partial charge in [0.15, 0.2) is 0 Å². The van der Waals surface area contributed by atoms with E-state index in [4.69, 9.17) is 11.6 Å². The molecule has 2 rings (SSSR count). The quantitative estimate of drug-likeness (QED) is 0.760. The smallest absolute Gasteiger partial charge is 0.0643 e. The van der Waals surface area contributed by atoms with E-state index < -0.39 is 0 Å². The molecule has 1 radical (unpaired) electrons. The van der Waals surface area contributed by atoms with Crippen LogP contribution in [0.5, 0.6) is 0 Å². The van der Waals surface area contributed by atoms with Crippen LogP contribution in [0.2, 0.25) is 5.02 Å². The largest absolute Gasteiger partial charge is 0.341 e. The summed E-state index contributed by atoms with van der Waals surface area (Å²) in [6, 6.07) is 18.8. The summed E-state index contributed by atoms with van der Waals surface area (Å²) in [5.74, 6) is 0. The molecule has 0 aliphatic carbocycles. The SMILES string of the molecule is CCN(c1cc[c]cc1)c1ccccc1Cl. The van der Waals surface area contributed by atoms with Gasteiger partial charge in [-0.1, -0.05) is 35.9 Å². The Hall–Kier alpha value is -1.47. The van der Waals surface area contributed by atoms with E-state index in [-0.39, 0.29) is 0 Å². The highest BCUT2D eigenvalue weighted by atomic mass is 35.5. The maximum atomic E-state index is 6.20. The minimum atomic E-state index is 0.775. The van der Waals surface area contributed by atoms with E-state index in [9.17, 15) is 0 Å². The van der Waals surface area contributed by atoms with Crippen LogP contribution in [-0.2, 0) is 0 Å². The van der Waals surface area contributed by atoms with E-state index in [0.717, 1.165) is 22.9 Å². The second kappa shape index (κ2) is 5.04. The van der Waals surface area contributed by atoms with E-state index in [1.165, 1.54) is 0 Å². The van der Waals surface area contributed by atoms with Gasteiger partial charge in [-0.05, 0) is 37.3 Å². The second-order valence-electron chi connectivity index (χ2n) is 3.45. The van der Waals surface area contributed by atoms with Crippen LogP contribution in [0.1, 0.15) is 6.92 Å². The fourth-order valence-corrected chi connectivity index (χ4v) is 1.96. The summed E-state index contributed by atoms with van der Waals surface area (Å²) in [6.07, 6.45) is 0. The highest BCUT2D eigenvalue weighted by molar-refractivity contribution is 6.33. The number of halogens is 1. The normalized spacial score (nSPS) is 10.1. The Morgan fingerprint density at radius 2 is 1.81 bits per heavy atom. The minimum absolute atomic E-state index is 0.775. The zero-order valence-corrected chi connectivity index (χ0v) is 9.91. The Morgan fingerprint density at radius 1 is 1.12 bits per heavy atom. The van der Waals surface area contributed by atoms with Crippen molar-refractivity contribution in [2.45, 2.75) is 6.92 Å². The van der Waals surface area contributed by atoms with Crippen LogP contribution >= 0.6 is 11.6 Å². The molecule has 0 bridgehead atoms. The predicted octanol–water partition coefficient (Wildman–Crippen LogP) is 4.30. The molecule has 0 spiro atoms. The molecule has 0 saturated heterocycles. The average Bonchev–Trinajstić information content (AvgIpc) is 2.34. The number of benzene rings is 2. The van der Waals surface area contributed by atoms with Gasteiger partial charge in [0.1, 0.15) is 0 Å². The molecule has 81 valence electrons. The Morgan fingerprint density at radius 3 is 2.44 bits per heavy atom. The fraction of sp³-hybridized carbons (Fsp3) is 0.143. The summed E-state index contributed by atoms with van der Waals surface area (Å²) < 4.78 is 0. The van der Waals surface area contributed by atoms with Crippen molar-refractivity contribution in [3.05, 3.63) is 59.6 Å². The van der Waals surface area contributed by atoms with Crippen molar-refractivity contribution >= 4 is 23.0 Å². The number of hydrogen-bond donors (Lipinski definition) is 0. The molecule has 0 N–H and O–H groups in total. The van der Waals surface area contributed by atoms with E-state index in [1.54, 1.807) is 0 Å². The molecule has 0 aromatic heterocycles. The second-order valence-corrected chi connectivity index (χ2v) is 3.86.